The van der Waals surface area contributed by atoms with Crippen LogP contribution < -0.4 is 10.3 Å². The van der Waals surface area contributed by atoms with E-state index in [0.717, 1.165) is 10.9 Å². The van der Waals surface area contributed by atoms with Gasteiger partial charge in [0.1, 0.15) is 12.4 Å². The lowest BCUT2D eigenvalue weighted by Crippen LogP contribution is -2.44. The normalized spacial score (nSPS) is 20.7. The van der Waals surface area contributed by atoms with E-state index in [2.05, 4.69) is 0 Å². The van der Waals surface area contributed by atoms with Gasteiger partial charge < -0.3 is 28.8 Å². The molecule has 3 aliphatic rings. The molecule has 0 bridgehead atoms. The van der Waals surface area contributed by atoms with Crippen molar-refractivity contribution >= 4 is 23.0 Å². The summed E-state index contributed by atoms with van der Waals surface area (Å²) < 4.78 is 17.5. The van der Waals surface area contributed by atoms with E-state index in [1.165, 1.54) is 0 Å². The maximum Gasteiger partial charge on any atom is 0.415 e. The maximum absolute atomic E-state index is 13.3. The van der Waals surface area contributed by atoms with Gasteiger partial charge in [-0.2, -0.15) is 0 Å². The zero-order valence-corrected chi connectivity index (χ0v) is 19.1. The Hall–Kier alpha value is -3.76. The number of morpholine rings is 1. The van der Waals surface area contributed by atoms with Gasteiger partial charge in [-0.3, -0.25) is 4.79 Å². The maximum atomic E-state index is 13.3. The monoisotopic (exact) mass is 477 g/mol. The first-order valence-electron chi connectivity index (χ1n) is 11.5. The quantitative estimate of drug-likeness (QED) is 0.435. The Morgan fingerprint density at radius 2 is 2.00 bits per heavy atom. The van der Waals surface area contributed by atoms with Gasteiger partial charge >= 0.3 is 12.1 Å². The second-order valence-electron chi connectivity index (χ2n) is 8.92. The molecule has 0 unspecified atom stereocenters. The average Bonchev–Trinajstić information content (AvgIpc) is 3.23. The van der Waals surface area contributed by atoms with E-state index in [4.69, 9.17) is 19.2 Å². The fourth-order valence-corrected chi connectivity index (χ4v) is 4.94. The minimum Gasteiger partial charge on any atom is -0.458 e. The number of esters is 1. The molecule has 5 heterocycles. The summed E-state index contributed by atoms with van der Waals surface area (Å²) in [6.07, 6.45) is -0.336. The topological polar surface area (TPSA) is 120 Å². The van der Waals surface area contributed by atoms with E-state index in [1.807, 2.05) is 6.07 Å². The number of benzene rings is 1. The van der Waals surface area contributed by atoms with Gasteiger partial charge in [-0.15, -0.1) is 0 Å². The SMILES string of the molecule is CC[C@@]1(O)C(=O)OCc2c1cc1n(c2=O)Cc2cc3cc(OC(=O)N4CCOCC4)ccc3nc2-1. The molecule has 1 saturated heterocycles. The van der Waals surface area contributed by atoms with Crippen LogP contribution in [0.1, 0.15) is 30.0 Å². The number of aliphatic hydroxyl groups is 1. The van der Waals surface area contributed by atoms with Crippen LogP contribution in [0.2, 0.25) is 0 Å². The summed E-state index contributed by atoms with van der Waals surface area (Å²) in [5, 5.41) is 11.7. The molecule has 10 nitrogen and oxygen atoms in total. The fraction of sp³-hybridized carbons (Fsp3) is 0.360. The minimum absolute atomic E-state index is 0.0890. The molecule has 3 aromatic rings. The van der Waals surface area contributed by atoms with E-state index >= 15 is 0 Å². The van der Waals surface area contributed by atoms with Gasteiger partial charge in [0, 0.05) is 29.6 Å². The molecule has 1 fully saturated rings. The van der Waals surface area contributed by atoms with Crippen molar-refractivity contribution in [3.05, 3.63) is 57.4 Å². The smallest absolute Gasteiger partial charge is 0.415 e. The second-order valence-corrected chi connectivity index (χ2v) is 8.92. The first-order valence-corrected chi connectivity index (χ1v) is 11.5. The highest BCUT2D eigenvalue weighted by atomic mass is 16.6. The number of hydrogen-bond donors (Lipinski definition) is 1. The van der Waals surface area contributed by atoms with Crippen LogP contribution in [0, 0.1) is 0 Å². The molecular formula is C25H23N3O7. The molecule has 0 spiro atoms. The number of cyclic esters (lactones) is 1. The number of carbonyl (C=O) groups excluding carboxylic acids is 2. The van der Waals surface area contributed by atoms with Gasteiger partial charge in [0.15, 0.2) is 5.60 Å². The van der Waals surface area contributed by atoms with Gasteiger partial charge in [-0.05, 0) is 36.8 Å². The van der Waals surface area contributed by atoms with Gasteiger partial charge in [0.25, 0.3) is 5.56 Å². The summed E-state index contributed by atoms with van der Waals surface area (Å²) >= 11 is 0. The van der Waals surface area contributed by atoms with Gasteiger partial charge in [0.05, 0.1) is 42.2 Å². The number of fused-ring (bicyclic) bond motifs is 5. The molecule has 2 aromatic heterocycles. The van der Waals surface area contributed by atoms with Crippen LogP contribution in [0.3, 0.4) is 0 Å². The average molecular weight is 477 g/mol. The van der Waals surface area contributed by atoms with Crippen LogP contribution in [-0.4, -0.2) is 57.9 Å². The molecule has 10 heteroatoms. The molecule has 1 aromatic carbocycles. The molecule has 35 heavy (non-hydrogen) atoms. The van der Waals surface area contributed by atoms with Crippen molar-refractivity contribution in [1.82, 2.24) is 14.5 Å². The number of rotatable bonds is 2. The Morgan fingerprint density at radius 1 is 1.20 bits per heavy atom. The number of pyridine rings is 2. The number of aromatic nitrogens is 2. The Labute approximate surface area is 199 Å². The first-order chi connectivity index (χ1) is 16.9. The van der Waals surface area contributed by atoms with Gasteiger partial charge in [-0.1, -0.05) is 6.92 Å². The molecule has 1 N–H and O–H groups in total. The largest absolute Gasteiger partial charge is 0.458 e. The molecule has 3 aliphatic heterocycles. The van der Waals surface area contributed by atoms with Crippen molar-refractivity contribution in [2.75, 3.05) is 26.3 Å². The molecule has 0 radical (unpaired) electrons. The highest BCUT2D eigenvalue weighted by molar-refractivity contribution is 5.87. The predicted molar refractivity (Wildman–Crippen MR) is 123 cm³/mol. The molecule has 1 atom stereocenters. The molecule has 0 aliphatic carbocycles. The number of carbonyl (C=O) groups is 2. The lowest BCUT2D eigenvalue weighted by Gasteiger charge is -2.31. The van der Waals surface area contributed by atoms with E-state index in [1.54, 1.807) is 40.7 Å². The third kappa shape index (κ3) is 3.32. The Kier molecular flexibility index (Phi) is 4.90. The molecule has 1 amide bonds. The minimum atomic E-state index is -1.86. The number of ether oxygens (including phenoxy) is 3. The Balaban J connectivity index is 1.38. The summed E-state index contributed by atoms with van der Waals surface area (Å²) in [5.41, 5.74) is 1.06. The number of hydrogen-bond acceptors (Lipinski definition) is 8. The third-order valence-electron chi connectivity index (χ3n) is 6.95. The van der Waals surface area contributed by atoms with Crippen LogP contribution >= 0.6 is 0 Å². The van der Waals surface area contributed by atoms with E-state index in [9.17, 15) is 19.5 Å². The highest BCUT2D eigenvalue weighted by Crippen LogP contribution is 2.38. The van der Waals surface area contributed by atoms with Gasteiger partial charge in [-0.25, -0.2) is 14.6 Å². The molecule has 180 valence electrons. The van der Waals surface area contributed by atoms with Crippen molar-refractivity contribution in [3.8, 4) is 17.1 Å². The van der Waals surface area contributed by atoms with E-state index in [0.29, 0.717) is 55.5 Å². The number of nitrogens with zero attached hydrogens (tertiary/aromatic N) is 3. The molecule has 6 rings (SSSR count). The second kappa shape index (κ2) is 7.89. The summed E-state index contributed by atoms with van der Waals surface area (Å²) in [7, 11) is 0. The summed E-state index contributed by atoms with van der Waals surface area (Å²) in [5.74, 6) is -0.344. The fourth-order valence-electron chi connectivity index (χ4n) is 4.94. The summed E-state index contributed by atoms with van der Waals surface area (Å²) in [6, 6.07) is 8.80. The van der Waals surface area contributed by atoms with Crippen LogP contribution in [-0.2, 0) is 33.0 Å². The van der Waals surface area contributed by atoms with Crippen molar-refractivity contribution in [3.63, 3.8) is 0 Å². The highest BCUT2D eigenvalue weighted by Gasteiger charge is 2.45. The zero-order chi connectivity index (χ0) is 24.3. The zero-order valence-electron chi connectivity index (χ0n) is 19.1. The van der Waals surface area contributed by atoms with Crippen molar-refractivity contribution in [2.24, 2.45) is 0 Å². The van der Waals surface area contributed by atoms with Crippen LogP contribution in [0.4, 0.5) is 4.79 Å². The van der Waals surface area contributed by atoms with E-state index < -0.39 is 17.7 Å². The number of amides is 1. The predicted octanol–water partition coefficient (Wildman–Crippen LogP) is 1.91. The molecule has 0 saturated carbocycles. The summed E-state index contributed by atoms with van der Waals surface area (Å²) in [6.45, 7) is 3.76. The lowest BCUT2D eigenvalue weighted by molar-refractivity contribution is -0.172. The van der Waals surface area contributed by atoms with Crippen molar-refractivity contribution < 1.29 is 28.9 Å². The Morgan fingerprint density at radius 3 is 2.77 bits per heavy atom. The van der Waals surface area contributed by atoms with Crippen LogP contribution in [0.25, 0.3) is 22.3 Å². The van der Waals surface area contributed by atoms with Gasteiger partial charge in [0.2, 0.25) is 0 Å². The van der Waals surface area contributed by atoms with Crippen LogP contribution in [0.5, 0.6) is 5.75 Å². The third-order valence-corrected chi connectivity index (χ3v) is 6.95. The van der Waals surface area contributed by atoms with Crippen LogP contribution in [0.15, 0.2) is 35.1 Å². The van der Waals surface area contributed by atoms with E-state index in [-0.39, 0.29) is 29.7 Å². The standard InChI is InChI=1S/C25H23N3O7/c1-2-25(32)18-11-20-21-15(12-28(20)22(29)17(18)13-34-23(25)30)9-14-10-16(3-4-19(14)26-21)35-24(31)27-5-7-33-8-6-27/h3-4,9-11,32H,2,5-8,12-13H2,1H3/t25-/m0/s1. The first kappa shape index (κ1) is 21.8. The Bertz CT molecular complexity index is 1460. The molecular weight excluding hydrogens is 454 g/mol. The van der Waals surface area contributed by atoms with Crippen molar-refractivity contribution in [1.29, 1.82) is 0 Å². The lowest BCUT2D eigenvalue weighted by atomic mass is 9.86. The van der Waals surface area contributed by atoms with Crippen molar-refractivity contribution in [2.45, 2.75) is 32.1 Å². The summed E-state index contributed by atoms with van der Waals surface area (Å²) in [4.78, 5) is 44.4.